The summed E-state index contributed by atoms with van der Waals surface area (Å²) in [6.07, 6.45) is 2.17. The van der Waals surface area contributed by atoms with Gasteiger partial charge in [-0.3, -0.25) is 0 Å². The minimum atomic E-state index is -0.927. The van der Waals surface area contributed by atoms with E-state index < -0.39 is 36.2 Å². The zero-order chi connectivity index (χ0) is 36.1. The van der Waals surface area contributed by atoms with E-state index in [2.05, 4.69) is 13.2 Å². The number of benzene rings is 3. The summed E-state index contributed by atoms with van der Waals surface area (Å²) in [5.74, 6) is -1.75. The second-order valence-corrected chi connectivity index (χ2v) is 9.86. The minimum Gasteiger partial charge on any atom is -0.463 e. The summed E-state index contributed by atoms with van der Waals surface area (Å²) in [7, 11) is 0. The zero-order valence-corrected chi connectivity index (χ0v) is 26.9. The largest absolute Gasteiger partial charge is 0.513 e. The molecule has 0 atom stereocenters. The second kappa shape index (κ2) is 20.7. The van der Waals surface area contributed by atoms with Gasteiger partial charge in [0.1, 0.15) is 23.0 Å². The Morgan fingerprint density at radius 3 is 1.02 bits per heavy atom. The molecule has 50 heavy (non-hydrogen) atoms. The summed E-state index contributed by atoms with van der Waals surface area (Å²) in [5.41, 5.74) is 0.361. The van der Waals surface area contributed by atoms with Crippen LogP contribution in [-0.2, 0) is 28.5 Å². The van der Waals surface area contributed by atoms with E-state index in [1.54, 1.807) is 0 Å². The molecule has 0 aromatic heterocycles. The predicted octanol–water partition coefficient (Wildman–Crippen LogP) is 6.17. The van der Waals surface area contributed by atoms with Crippen LogP contribution in [0.4, 0.5) is 9.59 Å². The number of esters is 4. The van der Waals surface area contributed by atoms with Crippen molar-refractivity contribution < 1.29 is 66.7 Å². The standard InChI is InChI=1S/C36H34O14/c1-3-31(37)43-21-5-7-23-45-35(41)49-29-13-9-25(10-14-29)33(39)47-27-17-19-28(20-18-27)48-34(40)26-11-15-30(16-12-26)50-36(42)46-24-8-6-22-44-32(38)4-2/h3-4,9-20H,1-2,5-8,21-24H2. The predicted molar refractivity (Wildman–Crippen MR) is 174 cm³/mol. The first-order valence-electron chi connectivity index (χ1n) is 15.2. The van der Waals surface area contributed by atoms with Crippen LogP contribution in [0.3, 0.4) is 0 Å². The molecule has 0 radical (unpaired) electrons. The van der Waals surface area contributed by atoms with E-state index in [1.165, 1.54) is 72.8 Å². The van der Waals surface area contributed by atoms with Crippen molar-refractivity contribution in [3.05, 3.63) is 109 Å². The molecule has 0 unspecified atom stereocenters. The fraction of sp³-hybridized carbons (Fsp3) is 0.222. The number of rotatable bonds is 18. The highest BCUT2D eigenvalue weighted by molar-refractivity contribution is 5.92. The van der Waals surface area contributed by atoms with E-state index in [0.717, 1.165) is 12.2 Å². The Bertz CT molecular complexity index is 1500. The van der Waals surface area contributed by atoms with Crippen molar-refractivity contribution >= 4 is 36.2 Å². The lowest BCUT2D eigenvalue weighted by atomic mass is 10.2. The average Bonchev–Trinajstić information content (AvgIpc) is 3.12. The lowest BCUT2D eigenvalue weighted by molar-refractivity contribution is -0.138. The maximum atomic E-state index is 12.6. The molecule has 0 aliphatic heterocycles. The van der Waals surface area contributed by atoms with Crippen molar-refractivity contribution in [1.29, 1.82) is 0 Å². The quantitative estimate of drug-likeness (QED) is 0.0369. The smallest absolute Gasteiger partial charge is 0.463 e. The third kappa shape index (κ3) is 14.1. The molecule has 0 saturated heterocycles. The number of hydrogen-bond donors (Lipinski definition) is 0. The van der Waals surface area contributed by atoms with Crippen LogP contribution in [0.1, 0.15) is 46.4 Å². The van der Waals surface area contributed by atoms with Crippen LogP contribution in [0, 0.1) is 0 Å². The Labute approximate surface area is 287 Å². The van der Waals surface area contributed by atoms with Crippen LogP contribution in [0.2, 0.25) is 0 Å². The van der Waals surface area contributed by atoms with Crippen molar-refractivity contribution in [2.45, 2.75) is 25.7 Å². The number of hydrogen-bond acceptors (Lipinski definition) is 14. The Morgan fingerprint density at radius 2 is 0.700 bits per heavy atom. The molecule has 0 N–H and O–H groups in total. The lowest BCUT2D eigenvalue weighted by Crippen LogP contribution is -2.13. The molecule has 262 valence electrons. The molecule has 0 bridgehead atoms. The Kier molecular flexibility index (Phi) is 15.8. The Hall–Kier alpha value is -6.44. The monoisotopic (exact) mass is 690 g/mol. The van der Waals surface area contributed by atoms with Crippen molar-refractivity contribution in [2.75, 3.05) is 26.4 Å². The highest BCUT2D eigenvalue weighted by Crippen LogP contribution is 2.22. The first-order chi connectivity index (χ1) is 24.2. The fourth-order valence-electron chi connectivity index (χ4n) is 3.66. The fourth-order valence-corrected chi connectivity index (χ4v) is 3.66. The third-order valence-electron chi connectivity index (χ3n) is 6.17. The molecular weight excluding hydrogens is 656 g/mol. The zero-order valence-electron chi connectivity index (χ0n) is 26.9. The van der Waals surface area contributed by atoms with Crippen LogP contribution in [0.15, 0.2) is 98.1 Å². The van der Waals surface area contributed by atoms with Crippen LogP contribution in [0.5, 0.6) is 23.0 Å². The Balaban J connectivity index is 1.36. The van der Waals surface area contributed by atoms with Gasteiger partial charge in [0.05, 0.1) is 37.6 Å². The third-order valence-corrected chi connectivity index (χ3v) is 6.17. The summed E-state index contributed by atoms with van der Waals surface area (Å²) in [6, 6.07) is 17.0. The molecule has 14 nitrogen and oxygen atoms in total. The van der Waals surface area contributed by atoms with Gasteiger partial charge in [0, 0.05) is 12.2 Å². The maximum absolute atomic E-state index is 12.6. The van der Waals surface area contributed by atoms with Gasteiger partial charge in [-0.1, -0.05) is 13.2 Å². The normalized spacial score (nSPS) is 10.1. The lowest BCUT2D eigenvalue weighted by Gasteiger charge is -2.09. The van der Waals surface area contributed by atoms with Crippen molar-refractivity contribution in [1.82, 2.24) is 0 Å². The van der Waals surface area contributed by atoms with E-state index >= 15 is 0 Å². The molecule has 0 spiro atoms. The molecule has 3 aromatic rings. The highest BCUT2D eigenvalue weighted by Gasteiger charge is 2.14. The van der Waals surface area contributed by atoms with Gasteiger partial charge >= 0.3 is 36.2 Å². The summed E-state index contributed by atoms with van der Waals surface area (Å²) in [4.78, 5) is 70.8. The first kappa shape index (κ1) is 38.0. The Morgan fingerprint density at radius 1 is 0.420 bits per heavy atom. The van der Waals surface area contributed by atoms with Crippen LogP contribution >= 0.6 is 0 Å². The van der Waals surface area contributed by atoms with Gasteiger partial charge in [0.2, 0.25) is 0 Å². The molecule has 0 aliphatic carbocycles. The molecular formula is C36H34O14. The topological polar surface area (TPSA) is 176 Å². The molecule has 0 heterocycles. The average molecular weight is 691 g/mol. The summed E-state index contributed by atoms with van der Waals surface area (Å²) < 4.78 is 40.4. The van der Waals surface area contributed by atoms with Crippen molar-refractivity contribution in [3.63, 3.8) is 0 Å². The van der Waals surface area contributed by atoms with Gasteiger partial charge in [-0.25, -0.2) is 28.8 Å². The molecule has 0 amide bonds. The van der Waals surface area contributed by atoms with Crippen molar-refractivity contribution in [2.24, 2.45) is 0 Å². The SMILES string of the molecule is C=CC(=O)OCCCCOC(=O)Oc1ccc(C(=O)Oc2ccc(OC(=O)c3ccc(OC(=O)OCCCCOC(=O)C=C)cc3)cc2)cc1. The molecule has 14 heteroatoms. The maximum Gasteiger partial charge on any atom is 0.513 e. The number of carbonyl (C=O) groups excluding carboxylic acids is 6. The van der Waals surface area contributed by atoms with E-state index in [0.29, 0.717) is 25.7 Å². The molecule has 0 saturated carbocycles. The van der Waals surface area contributed by atoms with Gasteiger partial charge in [-0.15, -0.1) is 0 Å². The molecule has 3 rings (SSSR count). The van der Waals surface area contributed by atoms with Crippen LogP contribution < -0.4 is 18.9 Å². The summed E-state index contributed by atoms with van der Waals surface area (Å²) in [6.45, 7) is 7.07. The van der Waals surface area contributed by atoms with Gasteiger partial charge in [0.15, 0.2) is 0 Å². The number of ether oxygens (including phenoxy) is 8. The van der Waals surface area contributed by atoms with E-state index in [1.807, 2.05) is 0 Å². The second-order valence-electron chi connectivity index (χ2n) is 9.86. The van der Waals surface area contributed by atoms with Gasteiger partial charge < -0.3 is 37.9 Å². The van der Waals surface area contributed by atoms with E-state index in [4.69, 9.17) is 37.9 Å². The number of unbranched alkanes of at least 4 members (excludes halogenated alkanes) is 2. The summed E-state index contributed by atoms with van der Waals surface area (Å²) >= 11 is 0. The minimum absolute atomic E-state index is 0.0672. The van der Waals surface area contributed by atoms with E-state index in [9.17, 15) is 28.8 Å². The first-order valence-corrected chi connectivity index (χ1v) is 15.2. The molecule has 0 fully saturated rings. The van der Waals surface area contributed by atoms with Crippen LogP contribution in [-0.4, -0.2) is 62.6 Å². The molecule has 0 aliphatic rings. The highest BCUT2D eigenvalue weighted by atomic mass is 16.7. The molecule has 3 aromatic carbocycles. The number of carbonyl (C=O) groups is 6. The van der Waals surface area contributed by atoms with Crippen LogP contribution in [0.25, 0.3) is 0 Å². The summed E-state index contributed by atoms with van der Waals surface area (Å²) in [5, 5.41) is 0. The van der Waals surface area contributed by atoms with Gasteiger partial charge in [0.25, 0.3) is 0 Å². The van der Waals surface area contributed by atoms with Gasteiger partial charge in [-0.2, -0.15) is 0 Å². The van der Waals surface area contributed by atoms with Crippen molar-refractivity contribution in [3.8, 4) is 23.0 Å². The van der Waals surface area contributed by atoms with Gasteiger partial charge in [-0.05, 0) is 98.5 Å². The van der Waals surface area contributed by atoms with E-state index in [-0.39, 0.29) is 60.6 Å².